The lowest BCUT2D eigenvalue weighted by Gasteiger charge is -2.25. The third kappa shape index (κ3) is 2.60. The van der Waals surface area contributed by atoms with Crippen LogP contribution in [0.3, 0.4) is 0 Å². The van der Waals surface area contributed by atoms with E-state index in [9.17, 15) is 17.6 Å². The first-order valence-corrected chi connectivity index (χ1v) is 3.34. The van der Waals surface area contributed by atoms with Gasteiger partial charge in [-0.05, 0) is 0 Å². The lowest BCUT2D eigenvalue weighted by molar-refractivity contribution is -0.238. The van der Waals surface area contributed by atoms with E-state index >= 15 is 0 Å². The predicted octanol–water partition coefficient (Wildman–Crippen LogP) is 1.37. The Kier molecular flexibility index (Phi) is 3.46. The van der Waals surface area contributed by atoms with Gasteiger partial charge in [0, 0.05) is 6.42 Å². The molecule has 0 rings (SSSR count). The number of alkyl halides is 4. The second kappa shape index (κ2) is 3.57. The molecule has 0 atom stereocenters. The molecule has 0 radical (unpaired) electrons. The van der Waals surface area contributed by atoms with Crippen molar-refractivity contribution in [3.05, 3.63) is 0 Å². The molecule has 0 saturated heterocycles. The van der Waals surface area contributed by atoms with Crippen LogP contribution in [-0.2, 0) is 0 Å². The predicted molar refractivity (Wildman–Crippen MR) is 33.0 cm³/mol. The van der Waals surface area contributed by atoms with Gasteiger partial charge in [-0.2, -0.15) is 17.6 Å². The quantitative estimate of drug-likeness (QED) is 0.519. The molecule has 12 heavy (non-hydrogen) atoms. The second-order valence-electron chi connectivity index (χ2n) is 2.45. The highest BCUT2D eigenvalue weighted by atomic mass is 19.3. The second-order valence-corrected chi connectivity index (χ2v) is 2.45. The molecule has 0 spiro atoms. The van der Waals surface area contributed by atoms with Crippen LogP contribution in [0.15, 0.2) is 0 Å². The van der Waals surface area contributed by atoms with Crippen LogP contribution >= 0.6 is 0 Å². The third-order valence-corrected chi connectivity index (χ3v) is 1.42. The van der Waals surface area contributed by atoms with E-state index in [0.717, 1.165) is 6.92 Å². The summed E-state index contributed by atoms with van der Waals surface area (Å²) in [5.74, 6) is -8.55. The van der Waals surface area contributed by atoms with Crippen LogP contribution < -0.4 is 0 Å². The minimum atomic E-state index is -4.37. The molecule has 0 amide bonds. The Morgan fingerprint density at radius 2 is 1.50 bits per heavy atom. The zero-order chi connectivity index (χ0) is 9.99. The average Bonchev–Trinajstić information content (AvgIpc) is 1.84. The number of hydrogen-bond donors (Lipinski definition) is 2. The van der Waals surface area contributed by atoms with Gasteiger partial charge < -0.3 is 10.2 Å². The zero-order valence-corrected chi connectivity index (χ0v) is 6.40. The first-order chi connectivity index (χ1) is 5.23. The summed E-state index contributed by atoms with van der Waals surface area (Å²) in [6.07, 6.45) is -5.10. The molecule has 0 aliphatic rings. The van der Waals surface area contributed by atoms with E-state index in [-0.39, 0.29) is 0 Å². The third-order valence-electron chi connectivity index (χ3n) is 1.42. The minimum absolute atomic E-state index is 0.900. The SMILES string of the molecule is CCC(F)(F)C(F)(F)CC(O)O. The van der Waals surface area contributed by atoms with E-state index in [1.54, 1.807) is 0 Å². The number of halogens is 4. The van der Waals surface area contributed by atoms with Crippen LogP contribution in [0.2, 0.25) is 0 Å². The molecule has 0 aliphatic heterocycles. The molecule has 0 heterocycles. The lowest BCUT2D eigenvalue weighted by atomic mass is 10.1. The summed E-state index contributed by atoms with van der Waals surface area (Å²) < 4.78 is 49.4. The maximum Gasteiger partial charge on any atom is 0.315 e. The monoisotopic (exact) mass is 190 g/mol. The maximum absolute atomic E-state index is 12.4. The number of aliphatic hydroxyl groups excluding tert-OH is 1. The van der Waals surface area contributed by atoms with Gasteiger partial charge in [-0.3, -0.25) is 0 Å². The molecule has 2 nitrogen and oxygen atoms in total. The van der Waals surface area contributed by atoms with E-state index < -0.39 is 31.0 Å². The Balaban J connectivity index is 4.37. The minimum Gasteiger partial charge on any atom is -0.368 e. The molecule has 0 bridgehead atoms. The molecular weight excluding hydrogens is 180 g/mol. The van der Waals surface area contributed by atoms with Crippen molar-refractivity contribution in [2.24, 2.45) is 0 Å². The Hall–Kier alpha value is -0.360. The summed E-state index contributed by atoms with van der Waals surface area (Å²) in [7, 11) is 0. The Morgan fingerprint density at radius 3 is 1.75 bits per heavy atom. The van der Waals surface area contributed by atoms with Crippen molar-refractivity contribution in [1.29, 1.82) is 0 Å². The van der Waals surface area contributed by atoms with Gasteiger partial charge in [0.05, 0.1) is 6.42 Å². The molecule has 0 unspecified atom stereocenters. The summed E-state index contributed by atoms with van der Waals surface area (Å²) in [6, 6.07) is 0. The zero-order valence-electron chi connectivity index (χ0n) is 6.40. The van der Waals surface area contributed by atoms with Crippen LogP contribution in [0.4, 0.5) is 17.6 Å². The van der Waals surface area contributed by atoms with Crippen molar-refractivity contribution >= 4 is 0 Å². The van der Waals surface area contributed by atoms with Crippen molar-refractivity contribution in [1.82, 2.24) is 0 Å². The molecule has 0 aromatic heterocycles. The summed E-state index contributed by atoms with van der Waals surface area (Å²) in [4.78, 5) is 0. The topological polar surface area (TPSA) is 40.5 Å². The van der Waals surface area contributed by atoms with E-state index in [1.165, 1.54) is 0 Å². The fourth-order valence-corrected chi connectivity index (χ4v) is 0.637. The van der Waals surface area contributed by atoms with Crippen molar-refractivity contribution in [2.75, 3.05) is 0 Å². The van der Waals surface area contributed by atoms with Gasteiger partial charge in [-0.15, -0.1) is 0 Å². The summed E-state index contributed by atoms with van der Waals surface area (Å²) in [6.45, 7) is 0.900. The van der Waals surface area contributed by atoms with Crippen LogP contribution in [0.25, 0.3) is 0 Å². The number of rotatable bonds is 4. The van der Waals surface area contributed by atoms with Gasteiger partial charge in [0.25, 0.3) is 0 Å². The normalized spacial score (nSPS) is 14.0. The van der Waals surface area contributed by atoms with E-state index in [4.69, 9.17) is 10.2 Å². The summed E-state index contributed by atoms with van der Waals surface area (Å²) >= 11 is 0. The highest BCUT2D eigenvalue weighted by molar-refractivity contribution is 4.83. The van der Waals surface area contributed by atoms with Gasteiger partial charge in [0.1, 0.15) is 0 Å². The van der Waals surface area contributed by atoms with Crippen molar-refractivity contribution in [2.45, 2.75) is 37.9 Å². The van der Waals surface area contributed by atoms with Gasteiger partial charge in [-0.1, -0.05) is 6.92 Å². The van der Waals surface area contributed by atoms with Gasteiger partial charge in [-0.25, -0.2) is 0 Å². The molecule has 0 fully saturated rings. The fourth-order valence-electron chi connectivity index (χ4n) is 0.637. The molecule has 0 aromatic rings. The molecule has 74 valence electrons. The van der Waals surface area contributed by atoms with Crippen LogP contribution in [0, 0.1) is 0 Å². The maximum atomic E-state index is 12.4. The largest absolute Gasteiger partial charge is 0.368 e. The molecule has 0 aliphatic carbocycles. The molecule has 0 aromatic carbocycles. The first kappa shape index (κ1) is 11.6. The van der Waals surface area contributed by atoms with E-state index in [1.807, 2.05) is 0 Å². The van der Waals surface area contributed by atoms with Crippen molar-refractivity contribution < 1.29 is 27.8 Å². The molecule has 0 saturated carbocycles. The van der Waals surface area contributed by atoms with Crippen LogP contribution in [0.1, 0.15) is 19.8 Å². The van der Waals surface area contributed by atoms with Gasteiger partial charge in [0.15, 0.2) is 6.29 Å². The highest BCUT2D eigenvalue weighted by Gasteiger charge is 2.55. The van der Waals surface area contributed by atoms with Crippen LogP contribution in [-0.4, -0.2) is 28.3 Å². The summed E-state index contributed by atoms with van der Waals surface area (Å²) in [5.41, 5.74) is 0. The smallest absolute Gasteiger partial charge is 0.315 e. The number of hydrogen-bond acceptors (Lipinski definition) is 2. The average molecular weight is 190 g/mol. The lowest BCUT2D eigenvalue weighted by Crippen LogP contribution is -2.42. The van der Waals surface area contributed by atoms with Gasteiger partial charge >= 0.3 is 11.8 Å². The van der Waals surface area contributed by atoms with E-state index in [0.29, 0.717) is 0 Å². The van der Waals surface area contributed by atoms with Crippen LogP contribution in [0.5, 0.6) is 0 Å². The van der Waals surface area contributed by atoms with E-state index in [2.05, 4.69) is 0 Å². The Morgan fingerprint density at radius 1 is 1.08 bits per heavy atom. The Bertz CT molecular complexity index is 146. The fraction of sp³-hybridized carbons (Fsp3) is 1.00. The van der Waals surface area contributed by atoms with Gasteiger partial charge in [0.2, 0.25) is 0 Å². The first-order valence-electron chi connectivity index (χ1n) is 3.34. The number of aliphatic hydroxyl groups is 2. The summed E-state index contributed by atoms with van der Waals surface area (Å²) in [5, 5.41) is 16.2. The Labute approximate surface area is 66.8 Å². The molecule has 2 N–H and O–H groups in total. The molecule has 6 heteroatoms. The highest BCUT2D eigenvalue weighted by Crippen LogP contribution is 2.39. The van der Waals surface area contributed by atoms with Crippen molar-refractivity contribution in [3.63, 3.8) is 0 Å². The van der Waals surface area contributed by atoms with Crippen molar-refractivity contribution in [3.8, 4) is 0 Å². The standard InChI is InChI=1S/C6H10F4O2/c1-2-5(7,8)6(9,10)3-4(11)12/h4,11-12H,2-3H2,1H3. The molecular formula is C6H10F4O2.